The van der Waals surface area contributed by atoms with Crippen LogP contribution in [0.25, 0.3) is 10.8 Å². The van der Waals surface area contributed by atoms with E-state index in [2.05, 4.69) is 20.4 Å². The number of ether oxygens (including phenoxy) is 2. The van der Waals surface area contributed by atoms with Crippen LogP contribution in [0.1, 0.15) is 26.3 Å². The molecule has 0 bridgehead atoms. The predicted octanol–water partition coefficient (Wildman–Crippen LogP) is 3.58. The van der Waals surface area contributed by atoms with Gasteiger partial charge >= 0.3 is 12.2 Å². The van der Waals surface area contributed by atoms with E-state index < -0.39 is 17.8 Å². The largest absolute Gasteiger partial charge is 0.453 e. The Morgan fingerprint density at radius 2 is 1.65 bits per heavy atom. The lowest BCUT2D eigenvalue weighted by molar-refractivity contribution is 0.0561. The minimum absolute atomic E-state index is 0.0426. The third-order valence-electron chi connectivity index (χ3n) is 3.31. The molecule has 138 valence electrons. The minimum Gasteiger partial charge on any atom is -0.453 e. The van der Waals surface area contributed by atoms with Crippen molar-refractivity contribution >= 4 is 28.9 Å². The summed E-state index contributed by atoms with van der Waals surface area (Å²) in [6, 6.07) is 13.8. The number of nitrogens with zero attached hydrogens (tertiary/aromatic N) is 1. The molecule has 0 aliphatic heterocycles. The van der Waals surface area contributed by atoms with Gasteiger partial charge in [0.2, 0.25) is 5.96 Å². The van der Waals surface area contributed by atoms with Gasteiger partial charge in [-0.05, 0) is 37.1 Å². The van der Waals surface area contributed by atoms with Crippen LogP contribution in [-0.2, 0) is 16.0 Å². The molecule has 0 radical (unpaired) electrons. The maximum absolute atomic E-state index is 12.0. The number of fused-ring (bicyclic) bond motifs is 1. The molecule has 0 unspecified atom stereocenters. The number of aliphatic imine (C=N–C) groups is 1. The first-order chi connectivity index (χ1) is 12.3. The molecule has 0 fully saturated rings. The molecule has 2 amide bonds. The molecular weight excluding hydrogens is 334 g/mol. The van der Waals surface area contributed by atoms with Crippen molar-refractivity contribution in [3.05, 3.63) is 48.0 Å². The van der Waals surface area contributed by atoms with E-state index in [1.54, 1.807) is 20.8 Å². The predicted molar refractivity (Wildman–Crippen MR) is 100.0 cm³/mol. The van der Waals surface area contributed by atoms with E-state index in [1.165, 1.54) is 7.11 Å². The lowest BCUT2D eigenvalue weighted by Gasteiger charge is -2.20. The third-order valence-corrected chi connectivity index (χ3v) is 3.31. The molecule has 2 aromatic rings. The molecule has 0 heterocycles. The van der Waals surface area contributed by atoms with Crippen LogP contribution in [0, 0.1) is 0 Å². The number of guanidine groups is 1. The Balaban J connectivity index is 2.20. The van der Waals surface area contributed by atoms with E-state index in [1.807, 2.05) is 42.5 Å². The average molecular weight is 357 g/mol. The van der Waals surface area contributed by atoms with E-state index in [-0.39, 0.29) is 12.5 Å². The normalized spacial score (nSPS) is 11.8. The molecule has 7 nitrogen and oxygen atoms in total. The summed E-state index contributed by atoms with van der Waals surface area (Å²) < 4.78 is 9.75. The molecule has 2 N–H and O–H groups in total. The van der Waals surface area contributed by atoms with Crippen molar-refractivity contribution in [2.45, 2.75) is 32.9 Å². The average Bonchev–Trinajstić information content (AvgIpc) is 2.57. The fourth-order valence-corrected chi connectivity index (χ4v) is 2.25. The summed E-state index contributed by atoms with van der Waals surface area (Å²) in [6.45, 7) is 5.49. The fourth-order valence-electron chi connectivity index (χ4n) is 2.25. The standard InChI is InChI=1S/C19H23N3O4/c1-19(2,3)26-18(24)22-16(21-17(23)25-4)20-12-14-10-7-9-13-8-5-6-11-15(13)14/h5-11H,12H2,1-4H3,(H2,20,21,22,23,24). The van der Waals surface area contributed by atoms with Crippen molar-refractivity contribution in [1.29, 1.82) is 0 Å². The van der Waals surface area contributed by atoms with Crippen LogP contribution in [0.4, 0.5) is 9.59 Å². The van der Waals surface area contributed by atoms with Crippen molar-refractivity contribution in [1.82, 2.24) is 10.6 Å². The Kier molecular flexibility index (Phi) is 6.16. The Bertz CT molecular complexity index is 820. The summed E-state index contributed by atoms with van der Waals surface area (Å²) >= 11 is 0. The smallest absolute Gasteiger partial charge is 0.414 e. The summed E-state index contributed by atoms with van der Waals surface area (Å²) in [5, 5.41) is 6.95. The van der Waals surface area contributed by atoms with Gasteiger partial charge in [0.1, 0.15) is 5.60 Å². The van der Waals surface area contributed by atoms with Crippen LogP contribution in [-0.4, -0.2) is 30.9 Å². The number of carbonyl (C=O) groups excluding carboxylic acids is 2. The number of hydrogen-bond acceptors (Lipinski definition) is 5. The van der Waals surface area contributed by atoms with Crippen molar-refractivity contribution in [3.63, 3.8) is 0 Å². The maximum Gasteiger partial charge on any atom is 0.414 e. The van der Waals surface area contributed by atoms with Gasteiger partial charge in [-0.3, -0.25) is 10.6 Å². The van der Waals surface area contributed by atoms with Gasteiger partial charge in [-0.1, -0.05) is 42.5 Å². The van der Waals surface area contributed by atoms with E-state index >= 15 is 0 Å². The highest BCUT2D eigenvalue weighted by Crippen LogP contribution is 2.19. The first kappa shape index (κ1) is 19.2. The molecule has 0 atom stereocenters. The molecule has 7 heteroatoms. The highest BCUT2D eigenvalue weighted by molar-refractivity contribution is 6.01. The van der Waals surface area contributed by atoms with Gasteiger partial charge in [0.05, 0.1) is 13.7 Å². The summed E-state index contributed by atoms with van der Waals surface area (Å²) in [5.41, 5.74) is 0.286. The first-order valence-electron chi connectivity index (χ1n) is 8.14. The van der Waals surface area contributed by atoms with Gasteiger partial charge in [-0.2, -0.15) is 0 Å². The lowest BCUT2D eigenvalue weighted by atomic mass is 10.1. The lowest BCUT2D eigenvalue weighted by Crippen LogP contribution is -2.45. The van der Waals surface area contributed by atoms with Crippen molar-refractivity contribution in [2.24, 2.45) is 4.99 Å². The van der Waals surface area contributed by atoms with Gasteiger partial charge < -0.3 is 9.47 Å². The quantitative estimate of drug-likeness (QED) is 0.635. The van der Waals surface area contributed by atoms with E-state index in [4.69, 9.17) is 4.74 Å². The van der Waals surface area contributed by atoms with Crippen LogP contribution < -0.4 is 10.6 Å². The van der Waals surface area contributed by atoms with Crippen molar-refractivity contribution in [3.8, 4) is 0 Å². The number of nitrogens with one attached hydrogen (secondary N) is 2. The molecule has 0 spiro atoms. The molecule has 0 aliphatic carbocycles. The van der Waals surface area contributed by atoms with Gasteiger partial charge in [-0.25, -0.2) is 14.6 Å². The Morgan fingerprint density at radius 1 is 1.00 bits per heavy atom. The van der Waals surface area contributed by atoms with Gasteiger partial charge in [0, 0.05) is 0 Å². The second kappa shape index (κ2) is 8.33. The molecule has 2 rings (SSSR count). The number of amides is 2. The Hall–Kier alpha value is -3.09. The van der Waals surface area contributed by atoms with Gasteiger partial charge in [0.25, 0.3) is 0 Å². The summed E-state index contributed by atoms with van der Waals surface area (Å²) in [7, 11) is 1.23. The number of methoxy groups -OCH3 is 1. The highest BCUT2D eigenvalue weighted by atomic mass is 16.6. The van der Waals surface area contributed by atoms with Crippen LogP contribution in [0.2, 0.25) is 0 Å². The van der Waals surface area contributed by atoms with Crippen LogP contribution in [0.3, 0.4) is 0 Å². The van der Waals surface area contributed by atoms with Crippen LogP contribution in [0.15, 0.2) is 47.5 Å². The second-order valence-electron chi connectivity index (χ2n) is 6.55. The number of carbonyl (C=O) groups is 2. The monoisotopic (exact) mass is 357 g/mol. The zero-order valence-electron chi connectivity index (χ0n) is 15.3. The Morgan fingerprint density at radius 3 is 2.35 bits per heavy atom. The van der Waals surface area contributed by atoms with E-state index in [0.29, 0.717) is 0 Å². The fraction of sp³-hybridized carbons (Fsp3) is 0.316. The summed E-state index contributed by atoms with van der Waals surface area (Å²) in [4.78, 5) is 27.8. The van der Waals surface area contributed by atoms with E-state index in [9.17, 15) is 9.59 Å². The number of hydrogen-bond donors (Lipinski definition) is 2. The molecule has 0 saturated heterocycles. The number of alkyl carbamates (subject to hydrolysis) is 2. The van der Waals surface area contributed by atoms with Gasteiger partial charge in [-0.15, -0.1) is 0 Å². The van der Waals surface area contributed by atoms with Crippen LogP contribution >= 0.6 is 0 Å². The van der Waals surface area contributed by atoms with Crippen LogP contribution in [0.5, 0.6) is 0 Å². The number of benzene rings is 2. The second-order valence-corrected chi connectivity index (χ2v) is 6.55. The maximum atomic E-state index is 12.0. The highest BCUT2D eigenvalue weighted by Gasteiger charge is 2.18. The van der Waals surface area contributed by atoms with Gasteiger partial charge in [0.15, 0.2) is 0 Å². The first-order valence-corrected chi connectivity index (χ1v) is 8.14. The summed E-state index contributed by atoms with van der Waals surface area (Å²) in [6.07, 6.45) is -1.46. The SMILES string of the molecule is COC(=O)NC(=NCc1cccc2ccccc12)NC(=O)OC(C)(C)C. The molecular formula is C19H23N3O4. The van der Waals surface area contributed by atoms with Crippen molar-refractivity contribution in [2.75, 3.05) is 7.11 Å². The minimum atomic E-state index is -0.738. The third kappa shape index (κ3) is 5.77. The van der Waals surface area contributed by atoms with E-state index in [0.717, 1.165) is 16.3 Å². The topological polar surface area (TPSA) is 89.0 Å². The summed E-state index contributed by atoms with van der Waals surface area (Å²) in [5.74, 6) is -0.0426. The number of rotatable bonds is 2. The molecule has 0 aliphatic rings. The molecule has 0 saturated carbocycles. The molecule has 0 aromatic heterocycles. The molecule has 26 heavy (non-hydrogen) atoms. The molecule has 2 aromatic carbocycles. The zero-order valence-corrected chi connectivity index (χ0v) is 15.3. The van der Waals surface area contributed by atoms with Crippen molar-refractivity contribution < 1.29 is 19.1 Å². The zero-order chi connectivity index (χ0) is 19.2. The Labute approximate surface area is 152 Å².